The van der Waals surface area contributed by atoms with Crippen LogP contribution in [0.25, 0.3) is 0 Å². The Kier molecular flexibility index (Phi) is 5.55. The SMILES string of the molecule is O=C(CN1CCN(c2ccccc2F)C1=O)N1CCC[C@H](Oc2cnccn2)C1. The molecule has 29 heavy (non-hydrogen) atoms. The topological polar surface area (TPSA) is 78.9 Å². The van der Waals surface area contributed by atoms with Crippen molar-refractivity contribution in [3.63, 3.8) is 0 Å². The molecule has 2 saturated heterocycles. The van der Waals surface area contributed by atoms with Crippen molar-refractivity contribution in [2.75, 3.05) is 37.6 Å². The summed E-state index contributed by atoms with van der Waals surface area (Å²) in [6, 6.07) is 5.80. The third-order valence-electron chi connectivity index (χ3n) is 5.12. The summed E-state index contributed by atoms with van der Waals surface area (Å²) in [7, 11) is 0. The summed E-state index contributed by atoms with van der Waals surface area (Å²) in [5, 5.41) is 0. The van der Waals surface area contributed by atoms with Crippen molar-refractivity contribution in [3.05, 3.63) is 48.7 Å². The van der Waals surface area contributed by atoms with Gasteiger partial charge in [-0.2, -0.15) is 0 Å². The van der Waals surface area contributed by atoms with Crippen LogP contribution in [0, 0.1) is 5.82 Å². The number of benzene rings is 1. The van der Waals surface area contributed by atoms with Crippen LogP contribution in [0.1, 0.15) is 12.8 Å². The molecular weight excluding hydrogens is 377 g/mol. The molecule has 2 aliphatic heterocycles. The maximum Gasteiger partial charge on any atom is 0.325 e. The van der Waals surface area contributed by atoms with Crippen LogP contribution in [0.2, 0.25) is 0 Å². The molecule has 2 aromatic rings. The third kappa shape index (κ3) is 4.28. The number of carbonyl (C=O) groups excluding carboxylic acids is 2. The van der Waals surface area contributed by atoms with Gasteiger partial charge in [0.1, 0.15) is 18.5 Å². The van der Waals surface area contributed by atoms with Gasteiger partial charge in [-0.25, -0.2) is 14.2 Å². The molecule has 4 rings (SSSR count). The minimum Gasteiger partial charge on any atom is -0.471 e. The van der Waals surface area contributed by atoms with E-state index in [1.165, 1.54) is 15.9 Å². The molecule has 1 aromatic heterocycles. The lowest BCUT2D eigenvalue weighted by Crippen LogP contribution is -2.48. The predicted molar refractivity (Wildman–Crippen MR) is 103 cm³/mol. The van der Waals surface area contributed by atoms with E-state index in [9.17, 15) is 14.0 Å². The molecule has 2 aliphatic rings. The summed E-state index contributed by atoms with van der Waals surface area (Å²) in [6.45, 7) is 1.77. The van der Waals surface area contributed by atoms with Gasteiger partial charge in [0.15, 0.2) is 0 Å². The number of para-hydroxylation sites is 1. The van der Waals surface area contributed by atoms with Crippen molar-refractivity contribution >= 4 is 17.6 Å². The first-order valence-corrected chi connectivity index (χ1v) is 9.63. The number of anilines is 1. The average molecular weight is 399 g/mol. The second-order valence-electron chi connectivity index (χ2n) is 7.07. The second-order valence-corrected chi connectivity index (χ2v) is 7.07. The zero-order chi connectivity index (χ0) is 20.2. The number of amides is 3. The van der Waals surface area contributed by atoms with Gasteiger partial charge in [-0.15, -0.1) is 0 Å². The minimum atomic E-state index is -0.450. The summed E-state index contributed by atoms with van der Waals surface area (Å²) in [5.74, 6) is -0.155. The number of piperidine rings is 1. The smallest absolute Gasteiger partial charge is 0.325 e. The van der Waals surface area contributed by atoms with Gasteiger partial charge in [-0.05, 0) is 25.0 Å². The van der Waals surface area contributed by atoms with E-state index in [-0.39, 0.29) is 30.3 Å². The molecule has 3 heterocycles. The van der Waals surface area contributed by atoms with Crippen LogP contribution in [0.3, 0.4) is 0 Å². The van der Waals surface area contributed by atoms with Crippen LogP contribution in [-0.4, -0.2) is 70.5 Å². The van der Waals surface area contributed by atoms with Crippen molar-refractivity contribution < 1.29 is 18.7 Å². The fourth-order valence-corrected chi connectivity index (χ4v) is 3.66. The highest BCUT2D eigenvalue weighted by molar-refractivity contribution is 5.96. The van der Waals surface area contributed by atoms with Gasteiger partial charge in [0.25, 0.3) is 0 Å². The molecule has 0 spiro atoms. The number of aromatic nitrogens is 2. The summed E-state index contributed by atoms with van der Waals surface area (Å²) in [4.78, 5) is 38.0. The molecule has 1 aromatic carbocycles. The number of ether oxygens (including phenoxy) is 1. The number of halogens is 1. The quantitative estimate of drug-likeness (QED) is 0.768. The maximum absolute atomic E-state index is 14.0. The third-order valence-corrected chi connectivity index (χ3v) is 5.12. The fourth-order valence-electron chi connectivity index (χ4n) is 3.66. The van der Waals surface area contributed by atoms with Gasteiger partial charge >= 0.3 is 6.03 Å². The van der Waals surface area contributed by atoms with Crippen molar-refractivity contribution in [3.8, 4) is 5.88 Å². The van der Waals surface area contributed by atoms with Crippen molar-refractivity contribution in [2.45, 2.75) is 18.9 Å². The molecule has 0 bridgehead atoms. The first kappa shape index (κ1) is 19.1. The van der Waals surface area contributed by atoms with Crippen molar-refractivity contribution in [1.82, 2.24) is 19.8 Å². The zero-order valence-corrected chi connectivity index (χ0v) is 15.9. The lowest BCUT2D eigenvalue weighted by atomic mass is 10.1. The molecular formula is C20H22FN5O3. The first-order chi connectivity index (χ1) is 14.1. The van der Waals surface area contributed by atoms with E-state index in [1.807, 2.05) is 0 Å². The van der Waals surface area contributed by atoms with E-state index in [2.05, 4.69) is 9.97 Å². The molecule has 2 fully saturated rings. The van der Waals surface area contributed by atoms with Crippen molar-refractivity contribution in [1.29, 1.82) is 0 Å². The molecule has 1 atom stereocenters. The highest BCUT2D eigenvalue weighted by Gasteiger charge is 2.34. The molecule has 0 radical (unpaired) electrons. The van der Waals surface area contributed by atoms with Crippen LogP contribution in [-0.2, 0) is 4.79 Å². The Morgan fingerprint density at radius 3 is 2.86 bits per heavy atom. The van der Waals surface area contributed by atoms with Crippen LogP contribution in [0.4, 0.5) is 14.9 Å². The van der Waals surface area contributed by atoms with E-state index in [0.717, 1.165) is 12.8 Å². The Morgan fingerprint density at radius 1 is 1.21 bits per heavy atom. The van der Waals surface area contributed by atoms with Gasteiger partial charge in [0, 0.05) is 32.0 Å². The van der Waals surface area contributed by atoms with Gasteiger partial charge in [-0.1, -0.05) is 12.1 Å². The van der Waals surface area contributed by atoms with Crippen LogP contribution < -0.4 is 9.64 Å². The Balaban J connectivity index is 1.34. The van der Waals surface area contributed by atoms with Crippen LogP contribution >= 0.6 is 0 Å². The van der Waals surface area contributed by atoms with Gasteiger partial charge < -0.3 is 14.5 Å². The lowest BCUT2D eigenvalue weighted by molar-refractivity contribution is -0.134. The molecule has 8 nitrogen and oxygen atoms in total. The number of urea groups is 1. The van der Waals surface area contributed by atoms with E-state index >= 15 is 0 Å². The number of hydrogen-bond donors (Lipinski definition) is 0. The summed E-state index contributed by atoms with van der Waals surface area (Å²) >= 11 is 0. The average Bonchev–Trinajstić information content (AvgIpc) is 3.09. The molecule has 0 unspecified atom stereocenters. The van der Waals surface area contributed by atoms with Gasteiger partial charge in [0.05, 0.1) is 18.4 Å². The zero-order valence-electron chi connectivity index (χ0n) is 15.9. The highest BCUT2D eigenvalue weighted by Crippen LogP contribution is 2.23. The van der Waals surface area contributed by atoms with Gasteiger partial charge in [-0.3, -0.25) is 14.7 Å². The van der Waals surface area contributed by atoms with E-state index < -0.39 is 5.82 Å². The molecule has 152 valence electrons. The second kappa shape index (κ2) is 8.42. The summed E-state index contributed by atoms with van der Waals surface area (Å²) < 4.78 is 19.8. The first-order valence-electron chi connectivity index (χ1n) is 9.63. The number of hydrogen-bond acceptors (Lipinski definition) is 5. The summed E-state index contributed by atoms with van der Waals surface area (Å²) in [6.07, 6.45) is 6.15. The Labute approximate surface area is 167 Å². The Morgan fingerprint density at radius 2 is 2.07 bits per heavy atom. The number of carbonyl (C=O) groups is 2. The molecule has 0 N–H and O–H groups in total. The van der Waals surface area contributed by atoms with E-state index in [1.54, 1.807) is 41.7 Å². The maximum atomic E-state index is 14.0. The van der Waals surface area contributed by atoms with E-state index in [4.69, 9.17) is 4.74 Å². The largest absolute Gasteiger partial charge is 0.471 e. The van der Waals surface area contributed by atoms with Crippen LogP contribution in [0.15, 0.2) is 42.9 Å². The molecule has 0 aliphatic carbocycles. The van der Waals surface area contributed by atoms with E-state index in [0.29, 0.717) is 32.1 Å². The van der Waals surface area contributed by atoms with Gasteiger partial charge in [0.2, 0.25) is 11.8 Å². The standard InChI is InChI=1S/C20H22FN5O3/c21-16-5-1-2-6-17(16)26-11-10-25(20(26)28)14-19(27)24-9-3-4-15(13-24)29-18-12-22-7-8-23-18/h1-2,5-8,12,15H,3-4,9-11,13-14H2/t15-/m0/s1. The number of rotatable bonds is 5. The Bertz CT molecular complexity index is 881. The lowest BCUT2D eigenvalue weighted by Gasteiger charge is -2.33. The number of nitrogens with zero attached hydrogens (tertiary/aromatic N) is 5. The molecule has 0 saturated carbocycles. The normalized spacial score (nSPS) is 19.6. The minimum absolute atomic E-state index is 0.0261. The van der Waals surface area contributed by atoms with Crippen LogP contribution in [0.5, 0.6) is 5.88 Å². The van der Waals surface area contributed by atoms with Crippen molar-refractivity contribution in [2.24, 2.45) is 0 Å². The summed E-state index contributed by atoms with van der Waals surface area (Å²) in [5.41, 5.74) is 0.239. The fraction of sp³-hybridized carbons (Fsp3) is 0.400. The Hall–Kier alpha value is -3.23. The number of likely N-dealkylation sites (tertiary alicyclic amines) is 1. The molecule has 9 heteroatoms. The highest BCUT2D eigenvalue weighted by atomic mass is 19.1. The monoisotopic (exact) mass is 399 g/mol. The molecule has 3 amide bonds. The predicted octanol–water partition coefficient (Wildman–Crippen LogP) is 1.93.